The summed E-state index contributed by atoms with van der Waals surface area (Å²) in [4.78, 5) is 1.62. The van der Waals surface area contributed by atoms with Gasteiger partial charge in [0.15, 0.2) is 0 Å². The third-order valence-electron chi connectivity index (χ3n) is 3.77. The summed E-state index contributed by atoms with van der Waals surface area (Å²) < 4.78 is 63.9. The van der Waals surface area contributed by atoms with Crippen LogP contribution in [0.25, 0.3) is 0 Å². The van der Waals surface area contributed by atoms with Gasteiger partial charge >= 0.3 is 0 Å². The van der Waals surface area contributed by atoms with Gasteiger partial charge in [-0.3, -0.25) is 0 Å². The molecule has 1 aliphatic rings. The maximum Gasteiger partial charge on any atom is 0.286 e. The van der Waals surface area contributed by atoms with E-state index in [1.807, 2.05) is 13.0 Å². The van der Waals surface area contributed by atoms with Gasteiger partial charge in [0.25, 0.3) is 10.2 Å². The topological polar surface area (TPSA) is 3.24 Å². The Hall–Kier alpha value is -0.980. The van der Waals surface area contributed by atoms with Crippen LogP contribution in [0.2, 0.25) is 0 Å². The molecule has 0 aliphatic carbocycles. The minimum Gasteiger partial charge on any atom is -0.374 e. The van der Waals surface area contributed by atoms with Crippen molar-refractivity contribution in [3.05, 3.63) is 29.3 Å². The lowest BCUT2D eigenvalue weighted by Gasteiger charge is -2.42. The normalized spacial score (nSPS) is 21.9. The Balaban J connectivity index is 2.31. The maximum atomic E-state index is 12.8. The molecule has 0 spiro atoms. The molecule has 122 valence electrons. The molecule has 0 amide bonds. The molecule has 0 aromatic heterocycles. The van der Waals surface area contributed by atoms with Crippen molar-refractivity contribution in [2.45, 2.75) is 32.1 Å². The van der Waals surface area contributed by atoms with E-state index in [4.69, 9.17) is 0 Å². The number of aryl methyl sites for hydroxylation is 1. The van der Waals surface area contributed by atoms with Crippen molar-refractivity contribution in [3.63, 3.8) is 0 Å². The summed E-state index contributed by atoms with van der Waals surface area (Å²) in [7, 11) is -7.76. The predicted molar refractivity (Wildman–Crippen MR) is 79.1 cm³/mol. The molecule has 1 aromatic rings. The number of likely N-dealkylation sites (N-methyl/N-ethyl adjacent to an activating group) is 1. The standard InChI is InChI=1S/C14H20F5NS/c1-3-4-5-11-6-7-14-13(8-11)12(9-20(14)2)10-21(15,16,17,18)19/h6-8,12H,3-5,9-10H2,1-2H3. The monoisotopic (exact) mass is 329 g/mol. The molecule has 1 aliphatic heterocycles. The van der Waals surface area contributed by atoms with E-state index in [-0.39, 0.29) is 6.54 Å². The number of rotatable bonds is 5. The van der Waals surface area contributed by atoms with Crippen LogP contribution in [-0.2, 0) is 6.42 Å². The van der Waals surface area contributed by atoms with Crippen LogP contribution in [0.5, 0.6) is 0 Å². The summed E-state index contributed by atoms with van der Waals surface area (Å²) in [6.07, 6.45) is 2.67. The first kappa shape index (κ1) is 16.4. The summed E-state index contributed by atoms with van der Waals surface area (Å²) in [5.41, 5.74) is 1.94. The molecule has 1 heterocycles. The molecule has 1 unspecified atom stereocenters. The fourth-order valence-corrected chi connectivity index (χ4v) is 3.91. The summed E-state index contributed by atoms with van der Waals surface area (Å²) in [6, 6.07) is 5.28. The van der Waals surface area contributed by atoms with Gasteiger partial charge < -0.3 is 4.90 Å². The number of benzene rings is 1. The lowest BCUT2D eigenvalue weighted by atomic mass is 9.98. The van der Waals surface area contributed by atoms with Crippen LogP contribution in [-0.4, -0.2) is 19.3 Å². The summed E-state index contributed by atoms with van der Waals surface area (Å²) in [5, 5.41) is 0. The number of halogens is 5. The average Bonchev–Trinajstić information content (AvgIpc) is 2.59. The third kappa shape index (κ3) is 4.49. The first-order chi connectivity index (χ1) is 9.38. The lowest BCUT2D eigenvalue weighted by Crippen LogP contribution is -2.22. The molecule has 0 fully saturated rings. The number of hydrogen-bond acceptors (Lipinski definition) is 1. The lowest BCUT2D eigenvalue weighted by molar-refractivity contribution is 0.358. The van der Waals surface area contributed by atoms with Crippen molar-refractivity contribution in [1.82, 2.24) is 0 Å². The second-order valence-electron chi connectivity index (χ2n) is 5.87. The molecular formula is C14H20F5NS. The van der Waals surface area contributed by atoms with Crippen molar-refractivity contribution >= 4 is 15.9 Å². The zero-order valence-corrected chi connectivity index (χ0v) is 12.9. The minimum atomic E-state index is -9.39. The molecule has 0 radical (unpaired) electrons. The number of hydrogen-bond donors (Lipinski definition) is 0. The fraction of sp³-hybridized carbons (Fsp3) is 0.571. The van der Waals surface area contributed by atoms with Crippen molar-refractivity contribution in [2.24, 2.45) is 0 Å². The third-order valence-corrected chi connectivity index (χ3v) is 4.80. The van der Waals surface area contributed by atoms with E-state index in [0.29, 0.717) is 11.3 Å². The van der Waals surface area contributed by atoms with Crippen molar-refractivity contribution < 1.29 is 19.4 Å². The predicted octanol–water partition coefficient (Wildman–Crippen LogP) is 5.86. The highest BCUT2D eigenvalue weighted by Gasteiger charge is 2.64. The molecule has 2 rings (SSSR count). The Morgan fingerprint density at radius 1 is 1.19 bits per heavy atom. The van der Waals surface area contributed by atoms with Gasteiger partial charge in [0.2, 0.25) is 0 Å². The second kappa shape index (κ2) is 4.51. The molecule has 7 heteroatoms. The Bertz CT molecular complexity index is 540. The molecule has 0 bridgehead atoms. The smallest absolute Gasteiger partial charge is 0.286 e. The molecule has 0 saturated heterocycles. The van der Waals surface area contributed by atoms with Crippen molar-refractivity contribution in [1.29, 1.82) is 0 Å². The summed E-state index contributed by atoms with van der Waals surface area (Å²) in [5.74, 6) is -3.18. The quantitative estimate of drug-likeness (QED) is 0.611. The Morgan fingerprint density at radius 3 is 2.43 bits per heavy atom. The second-order valence-corrected chi connectivity index (χ2v) is 8.46. The zero-order chi connectivity index (χ0) is 16.0. The van der Waals surface area contributed by atoms with E-state index in [0.717, 1.165) is 24.8 Å². The van der Waals surface area contributed by atoms with Crippen LogP contribution in [0.15, 0.2) is 18.2 Å². The summed E-state index contributed by atoms with van der Waals surface area (Å²) >= 11 is 0. The fourth-order valence-electron chi connectivity index (χ4n) is 2.86. The summed E-state index contributed by atoms with van der Waals surface area (Å²) in [6.45, 7) is 2.01. The van der Waals surface area contributed by atoms with Gasteiger partial charge in [0.05, 0.1) is 5.75 Å². The van der Waals surface area contributed by atoms with E-state index >= 15 is 0 Å². The zero-order valence-electron chi connectivity index (χ0n) is 12.1. The molecule has 1 aromatic carbocycles. The SMILES string of the molecule is CCCCc1ccc2c(c1)C(CS(F)(F)(F)(F)F)CN2C. The van der Waals surface area contributed by atoms with Gasteiger partial charge in [-0.1, -0.05) is 44.9 Å². The van der Waals surface area contributed by atoms with Crippen molar-refractivity contribution in [2.75, 3.05) is 24.2 Å². The number of unbranched alkanes of at least 4 members (excludes halogenated alkanes) is 1. The number of fused-ring (bicyclic) bond motifs is 1. The molecular weight excluding hydrogens is 309 g/mol. The minimum absolute atomic E-state index is 0.0157. The van der Waals surface area contributed by atoms with Gasteiger partial charge in [0, 0.05) is 25.2 Å². The van der Waals surface area contributed by atoms with Gasteiger partial charge in [-0.2, -0.15) is 0 Å². The van der Waals surface area contributed by atoms with Crippen molar-refractivity contribution in [3.8, 4) is 0 Å². The Kier molecular flexibility index (Phi) is 3.52. The van der Waals surface area contributed by atoms with Gasteiger partial charge in [-0.05, 0) is 30.0 Å². The first-order valence-electron chi connectivity index (χ1n) is 6.95. The maximum absolute atomic E-state index is 12.8. The average molecular weight is 329 g/mol. The Morgan fingerprint density at radius 2 is 1.86 bits per heavy atom. The highest BCUT2D eigenvalue weighted by atomic mass is 32.5. The molecule has 1 nitrogen and oxygen atoms in total. The van der Waals surface area contributed by atoms with Crippen LogP contribution < -0.4 is 4.90 Å². The number of anilines is 1. The highest BCUT2D eigenvalue weighted by Crippen LogP contribution is 2.98. The molecule has 21 heavy (non-hydrogen) atoms. The largest absolute Gasteiger partial charge is 0.374 e. The van der Waals surface area contributed by atoms with Crippen LogP contribution >= 0.6 is 10.2 Å². The van der Waals surface area contributed by atoms with Gasteiger partial charge in [-0.15, -0.1) is 0 Å². The van der Waals surface area contributed by atoms with E-state index in [2.05, 4.69) is 0 Å². The highest BCUT2D eigenvalue weighted by molar-refractivity contribution is 8.45. The van der Waals surface area contributed by atoms with E-state index in [1.54, 1.807) is 24.1 Å². The first-order valence-corrected chi connectivity index (χ1v) is 9.07. The van der Waals surface area contributed by atoms with E-state index in [1.165, 1.54) is 0 Å². The van der Waals surface area contributed by atoms with Crippen LogP contribution in [0.4, 0.5) is 25.1 Å². The number of nitrogens with zero attached hydrogens (tertiary/aromatic N) is 1. The molecule has 0 N–H and O–H groups in total. The molecule has 0 saturated carbocycles. The van der Waals surface area contributed by atoms with Crippen LogP contribution in [0, 0.1) is 0 Å². The van der Waals surface area contributed by atoms with E-state index < -0.39 is 21.9 Å². The Labute approximate surface area is 121 Å². The van der Waals surface area contributed by atoms with Crippen LogP contribution in [0.1, 0.15) is 36.8 Å². The van der Waals surface area contributed by atoms with Crippen LogP contribution in [0.3, 0.4) is 0 Å². The van der Waals surface area contributed by atoms with E-state index in [9.17, 15) is 19.4 Å². The van der Waals surface area contributed by atoms with Gasteiger partial charge in [-0.25, -0.2) is 0 Å². The molecule has 1 atom stereocenters. The van der Waals surface area contributed by atoms with Gasteiger partial charge in [0.1, 0.15) is 0 Å².